The highest BCUT2D eigenvalue weighted by atomic mass is 16.4. The summed E-state index contributed by atoms with van der Waals surface area (Å²) in [6, 6.07) is 4.64. The number of aryl methyl sites for hydroxylation is 3. The van der Waals surface area contributed by atoms with E-state index in [9.17, 15) is 0 Å². The standard InChI is InChI=1S/C14H16N4O2/c1-8-5-9(2)13-11(6-8)15-14(20-13)18(4)7-12-17-16-10(3)19-12/h5-6H,7H2,1-4H3. The predicted molar refractivity (Wildman–Crippen MR) is 74.6 cm³/mol. The highest BCUT2D eigenvalue weighted by Gasteiger charge is 2.15. The summed E-state index contributed by atoms with van der Waals surface area (Å²) in [5, 5.41) is 7.78. The van der Waals surface area contributed by atoms with Crippen LogP contribution in [0.1, 0.15) is 22.9 Å². The molecule has 2 heterocycles. The van der Waals surface area contributed by atoms with E-state index < -0.39 is 0 Å². The molecule has 0 N–H and O–H groups in total. The molecule has 20 heavy (non-hydrogen) atoms. The molecule has 6 nitrogen and oxygen atoms in total. The number of hydrogen-bond donors (Lipinski definition) is 0. The van der Waals surface area contributed by atoms with Gasteiger partial charge < -0.3 is 13.7 Å². The summed E-state index contributed by atoms with van der Waals surface area (Å²) in [7, 11) is 1.88. The van der Waals surface area contributed by atoms with Crippen molar-refractivity contribution < 1.29 is 8.83 Å². The number of fused-ring (bicyclic) bond motifs is 1. The smallest absolute Gasteiger partial charge is 0.298 e. The van der Waals surface area contributed by atoms with Gasteiger partial charge in [0.25, 0.3) is 6.01 Å². The van der Waals surface area contributed by atoms with Gasteiger partial charge in [-0.1, -0.05) is 6.07 Å². The first-order chi connectivity index (χ1) is 9.52. The van der Waals surface area contributed by atoms with Crippen molar-refractivity contribution in [1.82, 2.24) is 15.2 Å². The first-order valence-corrected chi connectivity index (χ1v) is 6.41. The second-order valence-electron chi connectivity index (χ2n) is 5.00. The molecule has 3 rings (SSSR count). The zero-order valence-electron chi connectivity index (χ0n) is 12.0. The van der Waals surface area contributed by atoms with E-state index in [0.29, 0.717) is 24.3 Å². The van der Waals surface area contributed by atoms with Crippen LogP contribution in [0, 0.1) is 20.8 Å². The maximum atomic E-state index is 5.82. The van der Waals surface area contributed by atoms with Crippen LogP contribution in [-0.4, -0.2) is 22.2 Å². The van der Waals surface area contributed by atoms with Crippen molar-refractivity contribution in [2.75, 3.05) is 11.9 Å². The van der Waals surface area contributed by atoms with Crippen LogP contribution in [0.3, 0.4) is 0 Å². The van der Waals surface area contributed by atoms with Gasteiger partial charge in [-0.3, -0.25) is 0 Å². The summed E-state index contributed by atoms with van der Waals surface area (Å²) < 4.78 is 11.2. The van der Waals surface area contributed by atoms with Crippen molar-refractivity contribution in [3.8, 4) is 0 Å². The molecule has 0 saturated heterocycles. The Morgan fingerprint density at radius 3 is 2.60 bits per heavy atom. The van der Waals surface area contributed by atoms with Crippen LogP contribution in [0.15, 0.2) is 21.0 Å². The van der Waals surface area contributed by atoms with Gasteiger partial charge in [0.1, 0.15) is 12.1 Å². The van der Waals surface area contributed by atoms with Gasteiger partial charge in [0, 0.05) is 14.0 Å². The molecule has 0 aliphatic heterocycles. The summed E-state index contributed by atoms with van der Waals surface area (Å²) in [5.41, 5.74) is 3.94. The third-order valence-electron chi connectivity index (χ3n) is 3.08. The van der Waals surface area contributed by atoms with E-state index in [0.717, 1.165) is 16.7 Å². The Morgan fingerprint density at radius 2 is 1.90 bits per heavy atom. The van der Waals surface area contributed by atoms with E-state index >= 15 is 0 Å². The van der Waals surface area contributed by atoms with Crippen LogP contribution in [0.5, 0.6) is 0 Å². The van der Waals surface area contributed by atoms with Gasteiger partial charge in [-0.15, -0.1) is 10.2 Å². The number of aromatic nitrogens is 3. The molecule has 0 unspecified atom stereocenters. The lowest BCUT2D eigenvalue weighted by atomic mass is 10.1. The van der Waals surface area contributed by atoms with E-state index in [2.05, 4.69) is 21.2 Å². The van der Waals surface area contributed by atoms with E-state index in [-0.39, 0.29) is 0 Å². The lowest BCUT2D eigenvalue weighted by molar-refractivity contribution is 0.458. The summed E-state index contributed by atoms with van der Waals surface area (Å²) in [6.07, 6.45) is 0. The second-order valence-corrected chi connectivity index (χ2v) is 5.00. The molecule has 1 aromatic carbocycles. The Hall–Kier alpha value is -2.37. The SMILES string of the molecule is Cc1cc(C)c2oc(N(C)Cc3nnc(C)o3)nc2c1. The summed E-state index contributed by atoms with van der Waals surface area (Å²) in [5.74, 6) is 1.09. The quantitative estimate of drug-likeness (QED) is 0.730. The van der Waals surface area contributed by atoms with Crippen molar-refractivity contribution in [1.29, 1.82) is 0 Å². The lowest BCUT2D eigenvalue weighted by Gasteiger charge is -2.10. The average molecular weight is 272 g/mol. The minimum absolute atomic E-state index is 0.464. The molecule has 104 valence electrons. The number of oxazole rings is 1. The average Bonchev–Trinajstić information content (AvgIpc) is 2.95. The van der Waals surface area contributed by atoms with E-state index in [1.165, 1.54) is 5.56 Å². The van der Waals surface area contributed by atoms with Crippen molar-refractivity contribution in [2.45, 2.75) is 27.3 Å². The summed E-state index contributed by atoms with van der Waals surface area (Å²) in [4.78, 5) is 6.36. The molecule has 0 radical (unpaired) electrons. The van der Waals surface area contributed by atoms with Crippen molar-refractivity contribution in [3.63, 3.8) is 0 Å². The molecule has 0 amide bonds. The van der Waals surface area contributed by atoms with Gasteiger partial charge in [0.2, 0.25) is 11.8 Å². The molecule has 2 aromatic heterocycles. The summed E-state index contributed by atoms with van der Waals surface area (Å²) >= 11 is 0. The Bertz CT molecular complexity index is 760. The van der Waals surface area contributed by atoms with Gasteiger partial charge >= 0.3 is 0 Å². The molecular formula is C14H16N4O2. The van der Waals surface area contributed by atoms with Gasteiger partial charge in [-0.2, -0.15) is 4.98 Å². The fraction of sp³-hybridized carbons (Fsp3) is 0.357. The first-order valence-electron chi connectivity index (χ1n) is 6.41. The van der Waals surface area contributed by atoms with E-state index in [1.807, 2.05) is 31.9 Å². The highest BCUT2D eigenvalue weighted by molar-refractivity contribution is 5.78. The van der Waals surface area contributed by atoms with E-state index in [4.69, 9.17) is 8.83 Å². The van der Waals surface area contributed by atoms with Gasteiger partial charge in [-0.05, 0) is 31.0 Å². The molecule has 0 aliphatic rings. The number of anilines is 1. The Balaban J connectivity index is 1.91. The number of benzene rings is 1. The van der Waals surface area contributed by atoms with Crippen LogP contribution < -0.4 is 4.90 Å². The normalized spacial score (nSPS) is 11.2. The first kappa shape index (κ1) is 12.7. The molecule has 0 spiro atoms. The second kappa shape index (κ2) is 4.63. The van der Waals surface area contributed by atoms with Crippen LogP contribution in [0.25, 0.3) is 11.1 Å². The summed E-state index contributed by atoms with van der Waals surface area (Å²) in [6.45, 7) is 6.30. The Labute approximate surface area is 116 Å². The molecular weight excluding hydrogens is 256 g/mol. The minimum atomic E-state index is 0.464. The Kier molecular flexibility index (Phi) is 2.93. The number of nitrogens with zero attached hydrogens (tertiary/aromatic N) is 4. The molecule has 3 aromatic rings. The van der Waals surface area contributed by atoms with Crippen molar-refractivity contribution in [3.05, 3.63) is 35.0 Å². The molecule has 0 fully saturated rings. The van der Waals surface area contributed by atoms with Crippen molar-refractivity contribution >= 4 is 17.1 Å². The number of rotatable bonds is 3. The lowest BCUT2D eigenvalue weighted by Crippen LogP contribution is -2.16. The third-order valence-corrected chi connectivity index (χ3v) is 3.08. The van der Waals surface area contributed by atoms with Crippen LogP contribution >= 0.6 is 0 Å². The highest BCUT2D eigenvalue weighted by Crippen LogP contribution is 2.26. The van der Waals surface area contributed by atoms with Gasteiger partial charge in [0.05, 0.1) is 0 Å². The monoisotopic (exact) mass is 272 g/mol. The predicted octanol–water partition coefficient (Wildman–Crippen LogP) is 2.77. The molecule has 0 saturated carbocycles. The van der Waals surface area contributed by atoms with Crippen LogP contribution in [0.4, 0.5) is 6.01 Å². The molecule has 6 heteroatoms. The van der Waals surface area contributed by atoms with Crippen LogP contribution in [-0.2, 0) is 6.54 Å². The third kappa shape index (κ3) is 2.24. The molecule has 0 atom stereocenters. The zero-order chi connectivity index (χ0) is 14.3. The topological polar surface area (TPSA) is 68.2 Å². The Morgan fingerprint density at radius 1 is 1.10 bits per heavy atom. The van der Waals surface area contributed by atoms with Gasteiger partial charge in [0.15, 0.2) is 5.58 Å². The fourth-order valence-electron chi connectivity index (χ4n) is 2.20. The van der Waals surface area contributed by atoms with Crippen LogP contribution in [0.2, 0.25) is 0 Å². The van der Waals surface area contributed by atoms with Crippen molar-refractivity contribution in [2.24, 2.45) is 0 Å². The molecule has 0 aliphatic carbocycles. The number of hydrogen-bond acceptors (Lipinski definition) is 6. The van der Waals surface area contributed by atoms with Gasteiger partial charge in [-0.25, -0.2) is 0 Å². The largest absolute Gasteiger partial charge is 0.424 e. The van der Waals surface area contributed by atoms with E-state index in [1.54, 1.807) is 6.92 Å². The fourth-order valence-corrected chi connectivity index (χ4v) is 2.20. The maximum Gasteiger partial charge on any atom is 0.298 e. The zero-order valence-corrected chi connectivity index (χ0v) is 12.0. The maximum absolute atomic E-state index is 5.82. The molecule has 0 bridgehead atoms. The minimum Gasteiger partial charge on any atom is -0.424 e.